The first-order chi connectivity index (χ1) is 19.4. The third-order valence-corrected chi connectivity index (χ3v) is 7.63. The molecule has 1 unspecified atom stereocenters. The largest absolute Gasteiger partial charge is 0.396 e. The molecule has 4 atom stereocenters. The number of carbonyl (C=O) groups excluding carboxylic acids is 1. The standard InChI is InChI=1S/C32H34ClN3O4/c1-21(38)31-28(20-37)30(32(39)34-17-16-25-18-35-29-5-3-2-4-27(25)29)36(40-31)19-24-10-8-22(9-11-24)6-7-23-12-14-26(33)15-13-23/h2-15,18,21,28,30-31,35,37-38H,16-17,19-20H2,1H3,(H,34,39)/t21-,28?,30-,31-/m1/s1. The van der Waals surface area contributed by atoms with Crippen LogP contribution in [0.4, 0.5) is 0 Å². The molecule has 0 bridgehead atoms. The maximum atomic E-state index is 13.4. The second-order valence-corrected chi connectivity index (χ2v) is 10.6. The number of aliphatic hydroxyl groups excluding tert-OH is 2. The van der Waals surface area contributed by atoms with Crippen molar-refractivity contribution < 1.29 is 19.8 Å². The highest BCUT2D eigenvalue weighted by molar-refractivity contribution is 6.30. The number of carbonyl (C=O) groups is 1. The average Bonchev–Trinajstić information content (AvgIpc) is 3.55. The third kappa shape index (κ3) is 6.46. The van der Waals surface area contributed by atoms with Gasteiger partial charge in [0.05, 0.1) is 19.3 Å². The highest BCUT2D eigenvalue weighted by Gasteiger charge is 2.48. The fraction of sp³-hybridized carbons (Fsp3) is 0.281. The monoisotopic (exact) mass is 559 g/mol. The van der Waals surface area contributed by atoms with Gasteiger partial charge in [-0.25, -0.2) is 0 Å². The number of rotatable bonds is 10. The number of aromatic amines is 1. The molecule has 7 nitrogen and oxygen atoms in total. The lowest BCUT2D eigenvalue weighted by molar-refractivity contribution is -0.192. The number of aliphatic hydroxyl groups is 2. The Morgan fingerprint density at radius 1 is 1.07 bits per heavy atom. The SMILES string of the molecule is C[C@@H](O)[C@H]1ON(Cc2ccc(C=Cc3ccc(Cl)cc3)cc2)[C@@H](C(=O)NCCc2c[nH]c3ccccc23)C1CO. The first-order valence-corrected chi connectivity index (χ1v) is 13.9. The third-order valence-electron chi connectivity index (χ3n) is 7.37. The van der Waals surface area contributed by atoms with Crippen molar-refractivity contribution in [1.82, 2.24) is 15.4 Å². The van der Waals surface area contributed by atoms with Gasteiger partial charge in [-0.15, -0.1) is 0 Å². The number of halogens is 1. The van der Waals surface area contributed by atoms with Gasteiger partial charge in [0.15, 0.2) is 0 Å². The van der Waals surface area contributed by atoms with E-state index in [2.05, 4.69) is 16.4 Å². The first-order valence-electron chi connectivity index (χ1n) is 13.5. The smallest absolute Gasteiger partial charge is 0.240 e. The number of hydrogen-bond acceptors (Lipinski definition) is 5. The summed E-state index contributed by atoms with van der Waals surface area (Å²) in [5, 5.41) is 27.0. The van der Waals surface area contributed by atoms with Gasteiger partial charge in [0.2, 0.25) is 5.91 Å². The molecule has 1 aliphatic rings. The summed E-state index contributed by atoms with van der Waals surface area (Å²) in [5.74, 6) is -0.792. The molecule has 208 valence electrons. The summed E-state index contributed by atoms with van der Waals surface area (Å²) in [6.45, 7) is 2.12. The summed E-state index contributed by atoms with van der Waals surface area (Å²) in [6, 6.07) is 22.9. The summed E-state index contributed by atoms with van der Waals surface area (Å²) in [6.07, 6.45) is 5.15. The zero-order chi connectivity index (χ0) is 28.1. The van der Waals surface area contributed by atoms with Crippen molar-refractivity contribution in [3.8, 4) is 0 Å². The number of nitrogens with zero attached hydrogens (tertiary/aromatic N) is 1. The van der Waals surface area contributed by atoms with E-state index in [1.54, 1.807) is 12.0 Å². The first kappa shape index (κ1) is 28.1. The normalized spacial score (nSPS) is 20.4. The molecule has 4 N–H and O–H groups in total. The van der Waals surface area contributed by atoms with Crippen molar-refractivity contribution in [2.24, 2.45) is 5.92 Å². The van der Waals surface area contributed by atoms with Gasteiger partial charge in [0.1, 0.15) is 12.1 Å². The molecule has 1 aliphatic heterocycles. The summed E-state index contributed by atoms with van der Waals surface area (Å²) in [4.78, 5) is 22.7. The van der Waals surface area contributed by atoms with Gasteiger partial charge >= 0.3 is 0 Å². The van der Waals surface area contributed by atoms with Crippen molar-refractivity contribution in [3.05, 3.63) is 106 Å². The second kappa shape index (κ2) is 12.8. The van der Waals surface area contributed by atoms with Crippen LogP contribution < -0.4 is 5.32 Å². The van der Waals surface area contributed by atoms with Crippen LogP contribution in [0.2, 0.25) is 5.02 Å². The van der Waals surface area contributed by atoms with Crippen LogP contribution in [-0.2, 0) is 22.6 Å². The van der Waals surface area contributed by atoms with Crippen LogP contribution in [0.15, 0.2) is 79.0 Å². The molecule has 1 aromatic heterocycles. The Hall–Kier alpha value is -3.46. The summed E-state index contributed by atoms with van der Waals surface area (Å²) in [7, 11) is 0. The molecule has 1 saturated heterocycles. The van der Waals surface area contributed by atoms with E-state index in [1.807, 2.05) is 85.1 Å². The molecule has 3 aromatic carbocycles. The van der Waals surface area contributed by atoms with Crippen molar-refractivity contribution in [2.45, 2.75) is 38.1 Å². The fourth-order valence-corrected chi connectivity index (χ4v) is 5.37. The number of H-pyrrole nitrogens is 1. The van der Waals surface area contributed by atoms with Crippen molar-refractivity contribution >= 4 is 40.6 Å². The van der Waals surface area contributed by atoms with Gasteiger partial charge < -0.3 is 20.5 Å². The number of hydrogen-bond donors (Lipinski definition) is 4. The molecule has 2 heterocycles. The maximum Gasteiger partial charge on any atom is 0.240 e. The Morgan fingerprint density at radius 2 is 1.75 bits per heavy atom. The van der Waals surface area contributed by atoms with Gasteiger partial charge in [-0.3, -0.25) is 9.63 Å². The Bertz CT molecular complexity index is 1450. The van der Waals surface area contributed by atoms with Crippen LogP contribution in [0.3, 0.4) is 0 Å². The molecule has 1 fully saturated rings. The molecular formula is C32H34ClN3O4. The number of fused-ring (bicyclic) bond motifs is 1. The Balaban J connectivity index is 1.25. The van der Waals surface area contributed by atoms with Crippen LogP contribution in [0, 0.1) is 5.92 Å². The number of aromatic nitrogens is 1. The Labute approximate surface area is 239 Å². The molecule has 40 heavy (non-hydrogen) atoms. The summed E-state index contributed by atoms with van der Waals surface area (Å²) in [5.41, 5.74) is 5.22. The van der Waals surface area contributed by atoms with Gasteiger partial charge in [-0.05, 0) is 53.8 Å². The van der Waals surface area contributed by atoms with Crippen LogP contribution in [-0.4, -0.2) is 57.6 Å². The molecule has 5 rings (SSSR count). The van der Waals surface area contributed by atoms with Crippen LogP contribution in [0.25, 0.3) is 23.1 Å². The van der Waals surface area contributed by atoms with Gasteiger partial charge in [-0.1, -0.05) is 78.4 Å². The number of para-hydroxylation sites is 1. The van der Waals surface area contributed by atoms with Crippen molar-refractivity contribution in [1.29, 1.82) is 0 Å². The van der Waals surface area contributed by atoms with Gasteiger partial charge in [0, 0.05) is 34.6 Å². The molecule has 0 saturated carbocycles. The zero-order valence-corrected chi connectivity index (χ0v) is 23.1. The van der Waals surface area contributed by atoms with Crippen LogP contribution in [0.1, 0.15) is 29.2 Å². The Kier molecular flexibility index (Phi) is 8.99. The summed E-state index contributed by atoms with van der Waals surface area (Å²) >= 11 is 5.96. The predicted octanol–water partition coefficient (Wildman–Crippen LogP) is 4.82. The molecule has 0 aliphatic carbocycles. The molecular weight excluding hydrogens is 526 g/mol. The maximum absolute atomic E-state index is 13.4. The molecule has 8 heteroatoms. The van der Waals surface area contributed by atoms with E-state index in [0.29, 0.717) is 24.5 Å². The van der Waals surface area contributed by atoms with Gasteiger partial charge in [-0.2, -0.15) is 5.06 Å². The lowest BCUT2D eigenvalue weighted by atomic mass is 9.92. The lowest BCUT2D eigenvalue weighted by Gasteiger charge is -2.24. The molecule has 0 radical (unpaired) electrons. The van der Waals surface area contributed by atoms with E-state index in [0.717, 1.165) is 33.2 Å². The van der Waals surface area contributed by atoms with Crippen molar-refractivity contribution in [3.63, 3.8) is 0 Å². The van der Waals surface area contributed by atoms with Crippen LogP contribution in [0.5, 0.6) is 0 Å². The zero-order valence-electron chi connectivity index (χ0n) is 22.3. The van der Waals surface area contributed by atoms with Crippen molar-refractivity contribution in [2.75, 3.05) is 13.2 Å². The second-order valence-electron chi connectivity index (χ2n) is 10.2. The van der Waals surface area contributed by atoms with E-state index in [1.165, 1.54) is 0 Å². The number of hydroxylamine groups is 2. The molecule has 4 aromatic rings. The van der Waals surface area contributed by atoms with E-state index in [4.69, 9.17) is 16.4 Å². The highest BCUT2D eigenvalue weighted by atomic mass is 35.5. The van der Waals surface area contributed by atoms with Gasteiger partial charge in [0.25, 0.3) is 0 Å². The Morgan fingerprint density at radius 3 is 2.42 bits per heavy atom. The highest BCUT2D eigenvalue weighted by Crippen LogP contribution is 2.31. The number of amides is 1. The van der Waals surface area contributed by atoms with E-state index < -0.39 is 24.2 Å². The predicted molar refractivity (Wildman–Crippen MR) is 158 cm³/mol. The minimum absolute atomic E-state index is 0.232. The quantitative estimate of drug-likeness (QED) is 0.209. The minimum Gasteiger partial charge on any atom is -0.396 e. The number of benzene rings is 3. The minimum atomic E-state index is -0.843. The lowest BCUT2D eigenvalue weighted by Crippen LogP contribution is -2.48. The van der Waals surface area contributed by atoms with E-state index in [-0.39, 0.29) is 12.5 Å². The molecule has 0 spiro atoms. The molecule has 1 amide bonds. The summed E-state index contributed by atoms with van der Waals surface area (Å²) < 4.78 is 0. The average molecular weight is 560 g/mol. The number of nitrogens with one attached hydrogen (secondary N) is 2. The fourth-order valence-electron chi connectivity index (χ4n) is 5.25. The topological polar surface area (TPSA) is 97.8 Å². The van der Waals surface area contributed by atoms with E-state index in [9.17, 15) is 15.0 Å². The van der Waals surface area contributed by atoms with Crippen LogP contribution >= 0.6 is 11.6 Å². The van der Waals surface area contributed by atoms with E-state index >= 15 is 0 Å².